The van der Waals surface area contributed by atoms with Crippen LogP contribution in [0.3, 0.4) is 0 Å². The van der Waals surface area contributed by atoms with Crippen LogP contribution in [-0.4, -0.2) is 36.0 Å². The molecule has 1 aromatic carbocycles. The van der Waals surface area contributed by atoms with Crippen molar-refractivity contribution in [3.63, 3.8) is 0 Å². The molecule has 0 spiro atoms. The first-order chi connectivity index (χ1) is 13.5. The lowest BCUT2D eigenvalue weighted by molar-refractivity contribution is 0.243. The molecular weight excluding hydrogens is 466 g/mol. The van der Waals surface area contributed by atoms with Gasteiger partial charge in [0, 0.05) is 22.9 Å². The van der Waals surface area contributed by atoms with Crippen molar-refractivity contribution in [3.05, 3.63) is 46.1 Å². The van der Waals surface area contributed by atoms with Crippen LogP contribution in [0.15, 0.2) is 49.6 Å². The summed E-state index contributed by atoms with van der Waals surface area (Å²) in [5, 5.41) is 5.89. The number of sulfonamides is 1. The molecule has 0 unspecified atom stereocenters. The van der Waals surface area contributed by atoms with E-state index in [-0.39, 0.29) is 11.5 Å². The molecule has 0 N–H and O–H groups in total. The summed E-state index contributed by atoms with van der Waals surface area (Å²) >= 11 is 4.91. The third kappa shape index (κ3) is 4.29. The number of aromatic nitrogens is 2. The smallest absolute Gasteiger partial charge is 0.264 e. The van der Waals surface area contributed by atoms with Crippen molar-refractivity contribution in [3.8, 4) is 16.5 Å². The molecule has 0 aliphatic carbocycles. The Morgan fingerprint density at radius 2 is 1.93 bits per heavy atom. The first kappa shape index (κ1) is 19.6. The van der Waals surface area contributed by atoms with Gasteiger partial charge in [-0.05, 0) is 59.1 Å². The van der Waals surface area contributed by atoms with Crippen LogP contribution in [-0.2, 0) is 16.6 Å². The van der Waals surface area contributed by atoms with Crippen LogP contribution in [0.2, 0.25) is 0 Å². The summed E-state index contributed by atoms with van der Waals surface area (Å²) in [6.45, 7) is 1.28. The molecule has 2 aromatic heterocycles. The standard InChI is InChI=1S/C18H18BrN3O4S2/c19-13-10-16(27-12-13)18-20-17(26-21-18)11-25-14-4-6-15(7-5-14)28(23,24)22-8-2-1-3-9-22/h4-7,10,12H,1-3,8-9,11H2. The molecule has 1 fully saturated rings. The topological polar surface area (TPSA) is 85.5 Å². The second-order valence-corrected chi connectivity index (χ2v) is 10.1. The van der Waals surface area contributed by atoms with Gasteiger partial charge in [-0.1, -0.05) is 11.6 Å². The minimum Gasteiger partial charge on any atom is -0.484 e. The minimum absolute atomic E-state index is 0.109. The van der Waals surface area contributed by atoms with Crippen molar-refractivity contribution in [2.45, 2.75) is 30.8 Å². The van der Waals surface area contributed by atoms with Crippen LogP contribution in [0.1, 0.15) is 25.2 Å². The minimum atomic E-state index is -3.44. The molecule has 4 rings (SSSR count). The van der Waals surface area contributed by atoms with Gasteiger partial charge < -0.3 is 9.26 Å². The number of nitrogens with zero attached hydrogens (tertiary/aromatic N) is 3. The van der Waals surface area contributed by atoms with E-state index in [0.29, 0.717) is 30.6 Å². The number of benzene rings is 1. The molecule has 10 heteroatoms. The van der Waals surface area contributed by atoms with E-state index < -0.39 is 10.0 Å². The quantitative estimate of drug-likeness (QED) is 0.518. The van der Waals surface area contributed by atoms with Gasteiger partial charge in [-0.3, -0.25) is 0 Å². The Morgan fingerprint density at radius 3 is 2.61 bits per heavy atom. The van der Waals surface area contributed by atoms with Crippen LogP contribution >= 0.6 is 27.3 Å². The van der Waals surface area contributed by atoms with E-state index in [9.17, 15) is 8.42 Å². The van der Waals surface area contributed by atoms with E-state index in [0.717, 1.165) is 28.6 Å². The number of hydrogen-bond acceptors (Lipinski definition) is 7. The van der Waals surface area contributed by atoms with Crippen molar-refractivity contribution in [2.75, 3.05) is 13.1 Å². The van der Waals surface area contributed by atoms with Gasteiger partial charge in [0.05, 0.1) is 9.77 Å². The molecule has 0 amide bonds. The van der Waals surface area contributed by atoms with Gasteiger partial charge in [0.2, 0.25) is 15.8 Å². The number of thiophene rings is 1. The fourth-order valence-corrected chi connectivity index (χ4v) is 5.82. The Labute approximate surface area is 175 Å². The summed E-state index contributed by atoms with van der Waals surface area (Å²) in [7, 11) is -3.44. The Kier molecular flexibility index (Phi) is 5.81. The van der Waals surface area contributed by atoms with Crippen molar-refractivity contribution >= 4 is 37.3 Å². The fourth-order valence-electron chi connectivity index (χ4n) is 2.95. The molecule has 0 atom stereocenters. The monoisotopic (exact) mass is 483 g/mol. The Morgan fingerprint density at radius 1 is 1.18 bits per heavy atom. The summed E-state index contributed by atoms with van der Waals surface area (Å²) in [4.78, 5) is 5.49. The lowest BCUT2D eigenvalue weighted by Gasteiger charge is -2.25. The van der Waals surface area contributed by atoms with Crippen molar-refractivity contribution < 1.29 is 17.7 Å². The van der Waals surface area contributed by atoms with Gasteiger partial charge >= 0.3 is 0 Å². The van der Waals surface area contributed by atoms with Gasteiger partial charge in [0.25, 0.3) is 5.89 Å². The van der Waals surface area contributed by atoms with Crippen molar-refractivity contribution in [1.29, 1.82) is 0 Å². The first-order valence-corrected chi connectivity index (χ1v) is 11.9. The summed E-state index contributed by atoms with van der Waals surface area (Å²) in [5.41, 5.74) is 0. The molecule has 1 saturated heterocycles. The highest BCUT2D eigenvalue weighted by atomic mass is 79.9. The lowest BCUT2D eigenvalue weighted by Crippen LogP contribution is -2.35. The van der Waals surface area contributed by atoms with Crippen molar-refractivity contribution in [1.82, 2.24) is 14.4 Å². The first-order valence-electron chi connectivity index (χ1n) is 8.82. The summed E-state index contributed by atoms with van der Waals surface area (Å²) in [5.74, 6) is 1.40. The molecule has 0 saturated carbocycles. The largest absolute Gasteiger partial charge is 0.484 e. The average molecular weight is 484 g/mol. The van der Waals surface area contributed by atoms with E-state index in [2.05, 4.69) is 26.1 Å². The number of hydrogen-bond donors (Lipinski definition) is 0. The second kappa shape index (κ2) is 8.32. The van der Waals surface area contributed by atoms with Crippen molar-refractivity contribution in [2.24, 2.45) is 0 Å². The maximum Gasteiger partial charge on any atom is 0.264 e. The van der Waals surface area contributed by atoms with E-state index in [1.165, 1.54) is 11.3 Å². The normalized spacial score (nSPS) is 15.6. The second-order valence-electron chi connectivity index (χ2n) is 6.37. The summed E-state index contributed by atoms with van der Waals surface area (Å²) in [6, 6.07) is 8.35. The Hall–Kier alpha value is -1.75. The van der Waals surface area contributed by atoms with E-state index in [4.69, 9.17) is 9.26 Å². The highest BCUT2D eigenvalue weighted by molar-refractivity contribution is 9.10. The molecule has 1 aliphatic heterocycles. The fraction of sp³-hybridized carbons (Fsp3) is 0.333. The molecule has 3 heterocycles. The Balaban J connectivity index is 1.39. The number of halogens is 1. The predicted octanol–water partition coefficient (Wildman–Crippen LogP) is 4.31. The highest BCUT2D eigenvalue weighted by Gasteiger charge is 2.25. The van der Waals surface area contributed by atoms with Gasteiger partial charge in [0.1, 0.15) is 5.75 Å². The van der Waals surface area contributed by atoms with Crippen LogP contribution in [0.25, 0.3) is 10.7 Å². The van der Waals surface area contributed by atoms with E-state index in [1.807, 2.05) is 11.4 Å². The molecule has 3 aromatic rings. The number of ether oxygens (including phenoxy) is 1. The maximum atomic E-state index is 12.7. The predicted molar refractivity (Wildman–Crippen MR) is 109 cm³/mol. The van der Waals surface area contributed by atoms with Gasteiger partial charge in [-0.25, -0.2) is 8.42 Å². The maximum absolute atomic E-state index is 12.7. The third-order valence-electron chi connectivity index (χ3n) is 4.39. The van der Waals surface area contributed by atoms with Crippen LogP contribution < -0.4 is 4.74 Å². The third-order valence-corrected chi connectivity index (χ3v) is 7.99. The Bertz CT molecular complexity index is 1040. The van der Waals surface area contributed by atoms with Crippen LogP contribution in [0, 0.1) is 0 Å². The van der Waals surface area contributed by atoms with Gasteiger partial charge in [-0.2, -0.15) is 9.29 Å². The zero-order valence-corrected chi connectivity index (χ0v) is 18.1. The van der Waals surface area contributed by atoms with Crippen LogP contribution in [0.4, 0.5) is 0 Å². The summed E-state index contributed by atoms with van der Waals surface area (Å²) in [6.07, 6.45) is 2.91. The molecule has 148 valence electrons. The van der Waals surface area contributed by atoms with Gasteiger partial charge in [-0.15, -0.1) is 11.3 Å². The highest BCUT2D eigenvalue weighted by Crippen LogP contribution is 2.28. The molecular formula is C18H18BrN3O4S2. The lowest BCUT2D eigenvalue weighted by atomic mass is 10.2. The van der Waals surface area contributed by atoms with E-state index in [1.54, 1.807) is 28.6 Å². The average Bonchev–Trinajstić information content (AvgIpc) is 3.36. The van der Waals surface area contributed by atoms with E-state index >= 15 is 0 Å². The zero-order valence-electron chi connectivity index (χ0n) is 14.9. The SMILES string of the molecule is O=S(=O)(c1ccc(OCc2nc(-c3cc(Br)cs3)no2)cc1)N1CCCCC1. The number of rotatable bonds is 6. The molecule has 0 radical (unpaired) electrons. The molecule has 1 aliphatic rings. The molecule has 28 heavy (non-hydrogen) atoms. The zero-order chi connectivity index (χ0) is 19.6. The van der Waals surface area contributed by atoms with Gasteiger partial charge in [0.15, 0.2) is 6.61 Å². The van der Waals surface area contributed by atoms with Crippen LogP contribution in [0.5, 0.6) is 5.75 Å². The number of piperidine rings is 1. The molecule has 7 nitrogen and oxygen atoms in total. The summed E-state index contributed by atoms with van der Waals surface area (Å²) < 4.78 is 38.7. The molecule has 0 bridgehead atoms.